The van der Waals surface area contributed by atoms with Crippen molar-refractivity contribution in [3.63, 3.8) is 0 Å². The summed E-state index contributed by atoms with van der Waals surface area (Å²) in [5.41, 5.74) is -4.04. The van der Waals surface area contributed by atoms with E-state index in [2.05, 4.69) is 15.3 Å². The zero-order chi connectivity index (χ0) is 15.5. The van der Waals surface area contributed by atoms with Gasteiger partial charge >= 0.3 is 5.51 Å². The normalized spacial score (nSPS) is 13.0. The van der Waals surface area contributed by atoms with Crippen LogP contribution in [0.5, 0.6) is 0 Å². The van der Waals surface area contributed by atoms with E-state index >= 15 is 0 Å². The van der Waals surface area contributed by atoms with E-state index in [1.807, 2.05) is 0 Å². The lowest BCUT2D eigenvalue weighted by molar-refractivity contribution is -0.0328. The molecule has 2 aromatic rings. The number of rotatable bonds is 4. The van der Waals surface area contributed by atoms with Gasteiger partial charge in [0.15, 0.2) is 0 Å². The van der Waals surface area contributed by atoms with Crippen molar-refractivity contribution >= 4 is 17.7 Å². The summed E-state index contributed by atoms with van der Waals surface area (Å²) in [5, 5.41) is 2.70. The molecule has 1 amide bonds. The van der Waals surface area contributed by atoms with Crippen molar-refractivity contribution in [3.05, 3.63) is 48.0 Å². The smallest absolute Gasteiger partial charge is 0.347 e. The van der Waals surface area contributed by atoms with Crippen molar-refractivity contribution in [2.45, 2.75) is 23.4 Å². The summed E-state index contributed by atoms with van der Waals surface area (Å²) in [6.07, 6.45) is 3.21. The number of aromatic nitrogens is 2. The number of nitrogens with zero attached hydrogens (tertiary/aromatic N) is 1. The molecule has 0 saturated heterocycles. The quantitative estimate of drug-likeness (QED) is 0.849. The van der Waals surface area contributed by atoms with Crippen molar-refractivity contribution in [1.29, 1.82) is 0 Å². The molecule has 0 fully saturated rings. The van der Waals surface area contributed by atoms with Gasteiger partial charge in [-0.05, 0) is 43.0 Å². The van der Waals surface area contributed by atoms with Crippen LogP contribution in [0.25, 0.3) is 0 Å². The number of alkyl halides is 3. The average molecular weight is 315 g/mol. The maximum absolute atomic E-state index is 12.2. The number of nitrogens with one attached hydrogen (secondary N) is 2. The summed E-state index contributed by atoms with van der Waals surface area (Å²) in [4.78, 5) is 18.9. The van der Waals surface area contributed by atoms with E-state index in [4.69, 9.17) is 0 Å². The van der Waals surface area contributed by atoms with Crippen molar-refractivity contribution in [1.82, 2.24) is 15.3 Å². The van der Waals surface area contributed by atoms with Gasteiger partial charge in [0.1, 0.15) is 5.82 Å². The highest BCUT2D eigenvalue weighted by atomic mass is 32.2. The number of H-pyrrole nitrogens is 1. The number of benzene rings is 1. The molecule has 0 bridgehead atoms. The second-order valence-corrected chi connectivity index (χ2v) is 5.38. The van der Waals surface area contributed by atoms with Crippen LogP contribution in [0.15, 0.2) is 41.6 Å². The topological polar surface area (TPSA) is 57.8 Å². The third-order valence-electron chi connectivity index (χ3n) is 2.63. The third kappa shape index (κ3) is 4.52. The number of hydrogen-bond acceptors (Lipinski definition) is 3. The van der Waals surface area contributed by atoms with Gasteiger partial charge in [-0.3, -0.25) is 4.79 Å². The summed E-state index contributed by atoms with van der Waals surface area (Å²) in [6.45, 7) is 1.75. The van der Waals surface area contributed by atoms with Crippen LogP contribution in [-0.4, -0.2) is 21.4 Å². The molecule has 1 heterocycles. The van der Waals surface area contributed by atoms with E-state index in [9.17, 15) is 18.0 Å². The Bertz CT molecular complexity index is 596. The predicted octanol–water partition coefficient (Wildman–Crippen LogP) is 3.51. The first-order chi connectivity index (χ1) is 9.85. The van der Waals surface area contributed by atoms with Gasteiger partial charge in [0, 0.05) is 22.9 Å². The predicted molar refractivity (Wildman–Crippen MR) is 72.8 cm³/mol. The van der Waals surface area contributed by atoms with Gasteiger partial charge in [0.25, 0.3) is 5.91 Å². The molecule has 0 aliphatic carbocycles. The zero-order valence-electron chi connectivity index (χ0n) is 10.9. The standard InChI is InChI=1S/C13H12F3N3OS/c1-8(11-17-6-7-18-11)19-12(20)9-2-4-10(5-3-9)21-13(14,15)16/h2-8H,1H3,(H,17,18)(H,19,20). The zero-order valence-corrected chi connectivity index (χ0v) is 11.8. The highest BCUT2D eigenvalue weighted by molar-refractivity contribution is 8.00. The minimum absolute atomic E-state index is 0.0399. The molecule has 0 aliphatic rings. The van der Waals surface area contributed by atoms with E-state index in [1.165, 1.54) is 24.3 Å². The van der Waals surface area contributed by atoms with Gasteiger partial charge in [-0.2, -0.15) is 13.2 Å². The summed E-state index contributed by atoms with van der Waals surface area (Å²) < 4.78 is 36.6. The Balaban J connectivity index is 2.00. The Kier molecular flexibility index (Phi) is 4.56. The van der Waals surface area contributed by atoms with Gasteiger partial charge < -0.3 is 10.3 Å². The molecule has 8 heteroatoms. The minimum atomic E-state index is -4.34. The second-order valence-electron chi connectivity index (χ2n) is 4.24. The van der Waals surface area contributed by atoms with Crippen molar-refractivity contribution < 1.29 is 18.0 Å². The van der Waals surface area contributed by atoms with Crippen LogP contribution in [0.3, 0.4) is 0 Å². The Morgan fingerprint density at radius 2 is 2.00 bits per heavy atom. The monoisotopic (exact) mass is 315 g/mol. The molecule has 1 aromatic heterocycles. The number of carbonyl (C=O) groups is 1. The molecule has 0 spiro atoms. The van der Waals surface area contributed by atoms with Crippen LogP contribution in [0, 0.1) is 0 Å². The molecule has 1 aromatic carbocycles. The first-order valence-corrected chi connectivity index (χ1v) is 6.83. The van der Waals surface area contributed by atoms with Crippen molar-refractivity contribution in [2.24, 2.45) is 0 Å². The number of thioether (sulfide) groups is 1. The van der Waals surface area contributed by atoms with Crippen LogP contribution in [0.1, 0.15) is 29.1 Å². The molecule has 112 valence electrons. The summed E-state index contributed by atoms with van der Waals surface area (Å²) >= 11 is -0.214. The van der Waals surface area contributed by atoms with E-state index in [-0.39, 0.29) is 28.6 Å². The number of halogens is 3. The first-order valence-electron chi connectivity index (χ1n) is 6.01. The molecular formula is C13H12F3N3OS. The van der Waals surface area contributed by atoms with E-state index in [0.29, 0.717) is 11.4 Å². The van der Waals surface area contributed by atoms with Gasteiger partial charge in [-0.25, -0.2) is 4.98 Å². The fraction of sp³-hybridized carbons (Fsp3) is 0.231. The highest BCUT2D eigenvalue weighted by Crippen LogP contribution is 2.36. The maximum Gasteiger partial charge on any atom is 0.446 e. The van der Waals surface area contributed by atoms with Gasteiger partial charge in [0.05, 0.1) is 6.04 Å². The SMILES string of the molecule is CC(NC(=O)c1ccc(SC(F)(F)F)cc1)c1ncc[nH]1. The number of amides is 1. The van der Waals surface area contributed by atoms with Gasteiger partial charge in [-0.1, -0.05) is 0 Å². The van der Waals surface area contributed by atoms with Crippen LogP contribution in [-0.2, 0) is 0 Å². The van der Waals surface area contributed by atoms with E-state index in [1.54, 1.807) is 19.3 Å². The fourth-order valence-corrected chi connectivity index (χ4v) is 2.21. The summed E-state index contributed by atoms with van der Waals surface area (Å²) in [6, 6.07) is 4.93. The molecule has 0 saturated carbocycles. The molecule has 2 rings (SSSR count). The van der Waals surface area contributed by atoms with Gasteiger partial charge in [-0.15, -0.1) is 0 Å². The van der Waals surface area contributed by atoms with Crippen molar-refractivity contribution in [3.8, 4) is 0 Å². The van der Waals surface area contributed by atoms with Gasteiger partial charge in [0.2, 0.25) is 0 Å². The average Bonchev–Trinajstić information content (AvgIpc) is 2.91. The molecule has 0 aliphatic heterocycles. The Morgan fingerprint density at radius 1 is 1.33 bits per heavy atom. The molecule has 1 atom stereocenters. The fourth-order valence-electron chi connectivity index (χ4n) is 1.67. The van der Waals surface area contributed by atoms with Crippen LogP contribution in [0.2, 0.25) is 0 Å². The van der Waals surface area contributed by atoms with Crippen LogP contribution in [0.4, 0.5) is 13.2 Å². The lowest BCUT2D eigenvalue weighted by Crippen LogP contribution is -2.27. The summed E-state index contributed by atoms with van der Waals surface area (Å²) in [5.74, 6) is 0.232. The number of carbonyl (C=O) groups excluding carboxylic acids is 1. The van der Waals surface area contributed by atoms with Crippen LogP contribution >= 0.6 is 11.8 Å². The van der Waals surface area contributed by atoms with E-state index < -0.39 is 5.51 Å². The molecule has 0 radical (unpaired) electrons. The molecule has 21 heavy (non-hydrogen) atoms. The van der Waals surface area contributed by atoms with Crippen LogP contribution < -0.4 is 5.32 Å². The highest BCUT2D eigenvalue weighted by Gasteiger charge is 2.29. The lowest BCUT2D eigenvalue weighted by Gasteiger charge is -2.12. The lowest BCUT2D eigenvalue weighted by atomic mass is 10.2. The minimum Gasteiger partial charge on any atom is -0.347 e. The Labute approximate surface area is 123 Å². The Morgan fingerprint density at radius 3 is 2.52 bits per heavy atom. The van der Waals surface area contributed by atoms with E-state index in [0.717, 1.165) is 0 Å². The molecular weight excluding hydrogens is 303 g/mol. The van der Waals surface area contributed by atoms with Crippen molar-refractivity contribution in [2.75, 3.05) is 0 Å². The largest absolute Gasteiger partial charge is 0.446 e. The first kappa shape index (κ1) is 15.4. The maximum atomic E-state index is 12.2. The summed E-state index contributed by atoms with van der Waals surface area (Å²) in [7, 11) is 0. The number of hydrogen-bond donors (Lipinski definition) is 2. The Hall–Kier alpha value is -1.96. The number of aromatic amines is 1. The molecule has 2 N–H and O–H groups in total. The molecule has 4 nitrogen and oxygen atoms in total. The second kappa shape index (κ2) is 6.21. The molecule has 1 unspecified atom stereocenters. The third-order valence-corrected chi connectivity index (χ3v) is 3.37. The number of imidazole rings is 1.